The first-order valence-electron chi connectivity index (χ1n) is 6.51. The number of carbonyl (C=O) groups excluding carboxylic acids is 1. The SMILES string of the molecule is COc1ccc(C(=O)C=Cc2cccc(C)c2)cc1C#N. The molecule has 0 spiro atoms. The van der Waals surface area contributed by atoms with Crippen molar-refractivity contribution in [3.8, 4) is 11.8 Å². The fraction of sp³-hybridized carbons (Fsp3) is 0.111. The summed E-state index contributed by atoms with van der Waals surface area (Å²) in [5.74, 6) is 0.326. The number of aryl methyl sites for hydroxylation is 1. The van der Waals surface area contributed by atoms with Crippen LogP contribution in [0.3, 0.4) is 0 Å². The zero-order chi connectivity index (χ0) is 15.2. The first kappa shape index (κ1) is 14.5. The molecule has 3 nitrogen and oxygen atoms in total. The van der Waals surface area contributed by atoms with Crippen LogP contribution in [0.5, 0.6) is 5.75 Å². The molecule has 2 rings (SSSR count). The molecule has 3 heteroatoms. The number of carbonyl (C=O) groups is 1. The minimum atomic E-state index is -0.143. The Balaban J connectivity index is 2.23. The van der Waals surface area contributed by atoms with E-state index < -0.39 is 0 Å². The van der Waals surface area contributed by atoms with Gasteiger partial charge >= 0.3 is 0 Å². The second-order valence-electron chi connectivity index (χ2n) is 4.64. The first-order chi connectivity index (χ1) is 10.1. The molecule has 0 heterocycles. The minimum Gasteiger partial charge on any atom is -0.495 e. The van der Waals surface area contributed by atoms with Gasteiger partial charge < -0.3 is 4.74 Å². The van der Waals surface area contributed by atoms with Gasteiger partial charge in [0.1, 0.15) is 11.8 Å². The highest BCUT2D eigenvalue weighted by atomic mass is 16.5. The quantitative estimate of drug-likeness (QED) is 0.631. The molecule has 2 aromatic rings. The normalized spacial score (nSPS) is 10.3. The van der Waals surface area contributed by atoms with Crippen molar-refractivity contribution in [2.75, 3.05) is 7.11 Å². The number of methoxy groups -OCH3 is 1. The van der Waals surface area contributed by atoms with Crippen LogP contribution >= 0.6 is 0 Å². The molecule has 0 aliphatic carbocycles. The molecule has 21 heavy (non-hydrogen) atoms. The van der Waals surface area contributed by atoms with Crippen molar-refractivity contribution in [1.29, 1.82) is 5.26 Å². The van der Waals surface area contributed by atoms with Gasteiger partial charge in [0.2, 0.25) is 0 Å². The van der Waals surface area contributed by atoms with E-state index in [0.29, 0.717) is 16.9 Å². The number of ketones is 1. The van der Waals surface area contributed by atoms with Crippen LogP contribution in [0, 0.1) is 18.3 Å². The predicted octanol–water partition coefficient (Wildman–Crippen LogP) is 3.77. The van der Waals surface area contributed by atoms with Gasteiger partial charge in [0.25, 0.3) is 0 Å². The molecule has 0 aliphatic rings. The third kappa shape index (κ3) is 3.58. The van der Waals surface area contributed by atoms with Crippen molar-refractivity contribution in [1.82, 2.24) is 0 Å². The fourth-order valence-electron chi connectivity index (χ4n) is 1.99. The molecule has 0 aliphatic heterocycles. The number of ether oxygens (including phenoxy) is 1. The monoisotopic (exact) mass is 277 g/mol. The summed E-state index contributed by atoms with van der Waals surface area (Å²) in [7, 11) is 1.50. The molecule has 0 amide bonds. The van der Waals surface area contributed by atoms with Crippen molar-refractivity contribution < 1.29 is 9.53 Å². The van der Waals surface area contributed by atoms with Crippen LogP contribution in [0.15, 0.2) is 48.5 Å². The number of nitrogens with zero attached hydrogens (tertiary/aromatic N) is 1. The van der Waals surface area contributed by atoms with E-state index in [4.69, 9.17) is 10.00 Å². The molecule has 0 saturated carbocycles. The van der Waals surface area contributed by atoms with Crippen molar-refractivity contribution in [3.05, 3.63) is 70.8 Å². The third-order valence-corrected chi connectivity index (χ3v) is 3.07. The summed E-state index contributed by atoms with van der Waals surface area (Å²) in [4.78, 5) is 12.1. The lowest BCUT2D eigenvalue weighted by Crippen LogP contribution is -1.97. The molecule has 0 aromatic heterocycles. The van der Waals surface area contributed by atoms with Crippen LogP contribution in [-0.4, -0.2) is 12.9 Å². The van der Waals surface area contributed by atoms with E-state index in [1.165, 1.54) is 13.2 Å². The number of hydrogen-bond donors (Lipinski definition) is 0. The van der Waals surface area contributed by atoms with Crippen LogP contribution in [0.1, 0.15) is 27.0 Å². The molecule has 0 bridgehead atoms. The summed E-state index contributed by atoms with van der Waals surface area (Å²) in [5, 5.41) is 9.03. The van der Waals surface area contributed by atoms with Gasteiger partial charge in [-0.3, -0.25) is 4.79 Å². The second kappa shape index (κ2) is 6.53. The van der Waals surface area contributed by atoms with Crippen LogP contribution in [0.25, 0.3) is 6.08 Å². The molecular formula is C18H15NO2. The van der Waals surface area contributed by atoms with E-state index >= 15 is 0 Å². The Kier molecular flexibility index (Phi) is 4.53. The van der Waals surface area contributed by atoms with Crippen molar-refractivity contribution in [2.45, 2.75) is 6.92 Å². The zero-order valence-electron chi connectivity index (χ0n) is 12.0. The number of hydrogen-bond acceptors (Lipinski definition) is 3. The summed E-state index contributed by atoms with van der Waals surface area (Å²) in [5.41, 5.74) is 2.93. The number of benzene rings is 2. The van der Waals surface area contributed by atoms with Gasteiger partial charge in [0.15, 0.2) is 5.78 Å². The van der Waals surface area contributed by atoms with Gasteiger partial charge in [-0.05, 0) is 36.8 Å². The highest BCUT2D eigenvalue weighted by Crippen LogP contribution is 2.19. The maximum atomic E-state index is 12.1. The molecule has 2 aromatic carbocycles. The van der Waals surface area contributed by atoms with Gasteiger partial charge in [-0.1, -0.05) is 35.9 Å². The highest BCUT2D eigenvalue weighted by Gasteiger charge is 2.07. The Morgan fingerprint density at radius 2 is 2.05 bits per heavy atom. The Bertz CT molecular complexity index is 739. The second-order valence-corrected chi connectivity index (χ2v) is 4.64. The van der Waals surface area contributed by atoms with Gasteiger partial charge in [0.05, 0.1) is 12.7 Å². The van der Waals surface area contributed by atoms with Crippen molar-refractivity contribution >= 4 is 11.9 Å². The fourth-order valence-corrected chi connectivity index (χ4v) is 1.99. The molecule has 0 atom stereocenters. The standard InChI is InChI=1S/C18H15NO2/c1-13-4-3-5-14(10-13)6-8-17(20)15-7-9-18(21-2)16(11-15)12-19/h3-11H,1-2H3. The van der Waals surface area contributed by atoms with E-state index in [-0.39, 0.29) is 5.78 Å². The Morgan fingerprint density at radius 3 is 2.71 bits per heavy atom. The molecule has 0 saturated heterocycles. The van der Waals surface area contributed by atoms with E-state index in [2.05, 4.69) is 0 Å². The molecule has 0 radical (unpaired) electrons. The Labute approximate surface area is 124 Å². The van der Waals surface area contributed by atoms with Crippen LogP contribution in [-0.2, 0) is 0 Å². The highest BCUT2D eigenvalue weighted by molar-refractivity contribution is 6.07. The summed E-state index contributed by atoms with van der Waals surface area (Å²) < 4.78 is 5.06. The predicted molar refractivity (Wildman–Crippen MR) is 82.3 cm³/mol. The lowest BCUT2D eigenvalue weighted by molar-refractivity contribution is 0.104. The molecule has 0 N–H and O–H groups in total. The lowest BCUT2D eigenvalue weighted by atomic mass is 10.1. The smallest absolute Gasteiger partial charge is 0.185 e. The van der Waals surface area contributed by atoms with Crippen molar-refractivity contribution in [3.63, 3.8) is 0 Å². The lowest BCUT2D eigenvalue weighted by Gasteiger charge is -2.03. The maximum Gasteiger partial charge on any atom is 0.185 e. The average molecular weight is 277 g/mol. The number of allylic oxidation sites excluding steroid dienone is 1. The maximum absolute atomic E-state index is 12.1. The molecular weight excluding hydrogens is 262 g/mol. The van der Waals surface area contributed by atoms with Gasteiger partial charge in [0, 0.05) is 5.56 Å². The average Bonchev–Trinajstić information content (AvgIpc) is 2.52. The van der Waals surface area contributed by atoms with Gasteiger partial charge in [-0.25, -0.2) is 0 Å². The molecule has 0 unspecified atom stereocenters. The first-order valence-corrected chi connectivity index (χ1v) is 6.51. The number of rotatable bonds is 4. The summed E-state index contributed by atoms with van der Waals surface area (Å²) in [6, 6.07) is 14.7. The van der Waals surface area contributed by atoms with E-state index in [1.807, 2.05) is 37.3 Å². The molecule has 0 fully saturated rings. The van der Waals surface area contributed by atoms with Crippen molar-refractivity contribution in [2.24, 2.45) is 0 Å². The van der Waals surface area contributed by atoms with Crippen LogP contribution < -0.4 is 4.74 Å². The number of nitriles is 1. The third-order valence-electron chi connectivity index (χ3n) is 3.07. The summed E-state index contributed by atoms with van der Waals surface area (Å²) in [6.45, 7) is 2.00. The Morgan fingerprint density at radius 1 is 1.24 bits per heavy atom. The summed E-state index contributed by atoms with van der Waals surface area (Å²) >= 11 is 0. The zero-order valence-corrected chi connectivity index (χ0v) is 12.0. The van der Waals surface area contributed by atoms with E-state index in [1.54, 1.807) is 24.3 Å². The van der Waals surface area contributed by atoms with E-state index in [9.17, 15) is 4.79 Å². The summed E-state index contributed by atoms with van der Waals surface area (Å²) in [6.07, 6.45) is 3.28. The Hall–Kier alpha value is -2.86. The minimum absolute atomic E-state index is 0.143. The van der Waals surface area contributed by atoms with Gasteiger partial charge in [-0.2, -0.15) is 5.26 Å². The molecule has 104 valence electrons. The van der Waals surface area contributed by atoms with Crippen LogP contribution in [0.2, 0.25) is 0 Å². The van der Waals surface area contributed by atoms with E-state index in [0.717, 1.165) is 11.1 Å². The van der Waals surface area contributed by atoms with Crippen LogP contribution in [0.4, 0.5) is 0 Å². The van der Waals surface area contributed by atoms with Gasteiger partial charge in [-0.15, -0.1) is 0 Å². The largest absolute Gasteiger partial charge is 0.495 e. The topological polar surface area (TPSA) is 50.1 Å².